The number of carbonyl (C=O) groups excluding carboxylic acids is 1. The third-order valence-corrected chi connectivity index (χ3v) is 4.41. The highest BCUT2D eigenvalue weighted by Gasteiger charge is 2.39. The van der Waals surface area contributed by atoms with Crippen molar-refractivity contribution in [1.29, 1.82) is 0 Å². The first kappa shape index (κ1) is 12.7. The maximum absolute atomic E-state index is 12.5. The fourth-order valence-corrected chi connectivity index (χ4v) is 3.02. The first-order chi connectivity index (χ1) is 9.24. The van der Waals surface area contributed by atoms with Crippen molar-refractivity contribution in [1.82, 2.24) is 0 Å². The molecule has 0 radical (unpaired) electrons. The predicted octanol–water partition coefficient (Wildman–Crippen LogP) is 3.15. The van der Waals surface area contributed by atoms with Gasteiger partial charge in [0.2, 0.25) is 0 Å². The van der Waals surface area contributed by atoms with Gasteiger partial charge in [-0.25, -0.2) is 0 Å². The molecule has 0 aromatic heterocycles. The maximum Gasteiger partial charge on any atom is 0.169 e. The quantitative estimate of drug-likeness (QED) is 0.780. The van der Waals surface area contributed by atoms with E-state index in [1.807, 2.05) is 12.1 Å². The first-order valence-electron chi connectivity index (χ1n) is 7.07. The molecule has 0 unspecified atom stereocenters. The molecule has 0 bridgehead atoms. The third kappa shape index (κ3) is 2.27. The highest BCUT2D eigenvalue weighted by Crippen LogP contribution is 2.40. The number of ether oxygens (including phenoxy) is 2. The zero-order valence-electron chi connectivity index (χ0n) is 11.4. The smallest absolute Gasteiger partial charge is 0.169 e. The lowest BCUT2D eigenvalue weighted by Crippen LogP contribution is -2.41. The Morgan fingerprint density at radius 3 is 2.89 bits per heavy atom. The summed E-state index contributed by atoms with van der Waals surface area (Å²) in [5.41, 5.74) is 1.69. The summed E-state index contributed by atoms with van der Waals surface area (Å²) >= 11 is 0. The van der Waals surface area contributed by atoms with E-state index < -0.39 is 0 Å². The molecule has 1 fully saturated rings. The van der Waals surface area contributed by atoms with Gasteiger partial charge in [0.15, 0.2) is 5.78 Å². The molecule has 1 aromatic rings. The average molecular weight is 260 g/mol. The van der Waals surface area contributed by atoms with Gasteiger partial charge in [-0.15, -0.1) is 0 Å². The zero-order valence-corrected chi connectivity index (χ0v) is 11.4. The van der Waals surface area contributed by atoms with Crippen LogP contribution < -0.4 is 4.74 Å². The Hall–Kier alpha value is -1.35. The van der Waals surface area contributed by atoms with Crippen molar-refractivity contribution in [2.24, 2.45) is 0 Å². The Labute approximate surface area is 113 Å². The van der Waals surface area contributed by atoms with Gasteiger partial charge in [0.1, 0.15) is 5.75 Å². The SMILES string of the molecule is COC1(CC(=O)c2cccc3c2OCCC3)CCC1. The molecular formula is C16H20O3. The number of hydrogen-bond acceptors (Lipinski definition) is 3. The van der Waals surface area contributed by atoms with Gasteiger partial charge in [-0.05, 0) is 43.7 Å². The van der Waals surface area contributed by atoms with Gasteiger partial charge < -0.3 is 9.47 Å². The summed E-state index contributed by atoms with van der Waals surface area (Å²) in [6.45, 7) is 0.715. The molecule has 102 valence electrons. The monoisotopic (exact) mass is 260 g/mol. The van der Waals surface area contributed by atoms with Crippen molar-refractivity contribution in [3.05, 3.63) is 29.3 Å². The van der Waals surface area contributed by atoms with E-state index in [1.54, 1.807) is 7.11 Å². The molecule has 1 heterocycles. The van der Waals surface area contributed by atoms with Crippen LogP contribution in [0.3, 0.4) is 0 Å². The van der Waals surface area contributed by atoms with Crippen LogP contribution in [0, 0.1) is 0 Å². The van der Waals surface area contributed by atoms with Gasteiger partial charge in [-0.1, -0.05) is 12.1 Å². The lowest BCUT2D eigenvalue weighted by Gasteiger charge is -2.40. The predicted molar refractivity (Wildman–Crippen MR) is 72.8 cm³/mol. The summed E-state index contributed by atoms with van der Waals surface area (Å²) in [5, 5.41) is 0. The third-order valence-electron chi connectivity index (χ3n) is 4.41. The van der Waals surface area contributed by atoms with Crippen molar-refractivity contribution >= 4 is 5.78 Å². The summed E-state index contributed by atoms with van der Waals surface area (Å²) in [6, 6.07) is 5.90. The number of para-hydroxylation sites is 1. The Morgan fingerprint density at radius 2 is 2.21 bits per heavy atom. The number of ketones is 1. The van der Waals surface area contributed by atoms with Crippen LogP contribution in [0.15, 0.2) is 18.2 Å². The highest BCUT2D eigenvalue weighted by atomic mass is 16.5. The summed E-state index contributed by atoms with van der Waals surface area (Å²) in [7, 11) is 1.71. The highest BCUT2D eigenvalue weighted by molar-refractivity contribution is 5.99. The molecule has 3 heteroatoms. The minimum atomic E-state index is -0.214. The summed E-state index contributed by atoms with van der Waals surface area (Å²) in [6.07, 6.45) is 5.66. The molecule has 0 atom stereocenters. The normalized spacial score (nSPS) is 20.1. The molecule has 0 N–H and O–H groups in total. The number of carbonyl (C=O) groups is 1. The standard InChI is InChI=1S/C16H20O3/c1-18-16(8-4-9-16)11-14(17)13-7-2-5-12-6-3-10-19-15(12)13/h2,5,7H,3-4,6,8-11H2,1H3. The van der Waals surface area contributed by atoms with Crippen molar-refractivity contribution in [3.63, 3.8) is 0 Å². The summed E-state index contributed by atoms with van der Waals surface area (Å²) in [4.78, 5) is 12.5. The van der Waals surface area contributed by atoms with Crippen LogP contribution in [0.25, 0.3) is 0 Å². The number of aryl methyl sites for hydroxylation is 1. The Balaban J connectivity index is 1.84. The second-order valence-electron chi connectivity index (χ2n) is 5.59. The molecule has 3 rings (SSSR count). The van der Waals surface area contributed by atoms with Crippen molar-refractivity contribution in [3.8, 4) is 5.75 Å². The Morgan fingerprint density at radius 1 is 1.37 bits per heavy atom. The van der Waals surface area contributed by atoms with Crippen LogP contribution in [0.2, 0.25) is 0 Å². The number of rotatable bonds is 4. The average Bonchev–Trinajstić information content (AvgIpc) is 2.42. The molecule has 1 aliphatic carbocycles. The van der Waals surface area contributed by atoms with Gasteiger partial charge in [-0.2, -0.15) is 0 Å². The Bertz CT molecular complexity index is 483. The van der Waals surface area contributed by atoms with Gasteiger partial charge in [0, 0.05) is 13.5 Å². The van der Waals surface area contributed by atoms with Crippen LogP contribution in [-0.2, 0) is 11.2 Å². The number of fused-ring (bicyclic) bond motifs is 1. The second kappa shape index (κ2) is 4.97. The van der Waals surface area contributed by atoms with E-state index in [0.717, 1.165) is 49.0 Å². The molecule has 0 saturated heterocycles. The van der Waals surface area contributed by atoms with Gasteiger partial charge >= 0.3 is 0 Å². The fourth-order valence-electron chi connectivity index (χ4n) is 3.02. The largest absolute Gasteiger partial charge is 0.493 e. The second-order valence-corrected chi connectivity index (χ2v) is 5.59. The molecule has 0 spiro atoms. The molecule has 19 heavy (non-hydrogen) atoms. The van der Waals surface area contributed by atoms with Gasteiger partial charge in [0.05, 0.1) is 17.8 Å². The van der Waals surface area contributed by atoms with Crippen LogP contribution in [-0.4, -0.2) is 25.1 Å². The summed E-state index contributed by atoms with van der Waals surface area (Å²) < 4.78 is 11.3. The lowest BCUT2D eigenvalue weighted by atomic mass is 9.75. The summed E-state index contributed by atoms with van der Waals surface area (Å²) in [5.74, 6) is 0.963. The zero-order chi connectivity index (χ0) is 13.3. The maximum atomic E-state index is 12.5. The van der Waals surface area contributed by atoms with E-state index in [2.05, 4.69) is 6.07 Å². The molecule has 2 aliphatic rings. The van der Waals surface area contributed by atoms with Crippen LogP contribution in [0.5, 0.6) is 5.75 Å². The van der Waals surface area contributed by atoms with E-state index >= 15 is 0 Å². The Kier molecular flexibility index (Phi) is 3.31. The van der Waals surface area contributed by atoms with Crippen LogP contribution >= 0.6 is 0 Å². The van der Waals surface area contributed by atoms with Crippen molar-refractivity contribution in [2.75, 3.05) is 13.7 Å². The lowest BCUT2D eigenvalue weighted by molar-refractivity contribution is -0.0705. The molecule has 0 amide bonds. The molecular weight excluding hydrogens is 240 g/mol. The topological polar surface area (TPSA) is 35.5 Å². The molecule has 1 aliphatic heterocycles. The van der Waals surface area contributed by atoms with E-state index in [-0.39, 0.29) is 11.4 Å². The van der Waals surface area contributed by atoms with E-state index in [1.165, 1.54) is 0 Å². The van der Waals surface area contributed by atoms with Crippen LogP contribution in [0.1, 0.15) is 48.0 Å². The van der Waals surface area contributed by atoms with Gasteiger partial charge in [0.25, 0.3) is 0 Å². The molecule has 1 saturated carbocycles. The number of hydrogen-bond donors (Lipinski definition) is 0. The number of methoxy groups -OCH3 is 1. The van der Waals surface area contributed by atoms with Gasteiger partial charge in [-0.3, -0.25) is 4.79 Å². The van der Waals surface area contributed by atoms with Crippen LogP contribution in [0.4, 0.5) is 0 Å². The first-order valence-corrected chi connectivity index (χ1v) is 7.07. The minimum absolute atomic E-state index is 0.153. The minimum Gasteiger partial charge on any atom is -0.493 e. The van der Waals surface area contributed by atoms with E-state index in [9.17, 15) is 4.79 Å². The van der Waals surface area contributed by atoms with E-state index in [0.29, 0.717) is 13.0 Å². The molecule has 3 nitrogen and oxygen atoms in total. The number of benzene rings is 1. The fraction of sp³-hybridized carbons (Fsp3) is 0.562. The van der Waals surface area contributed by atoms with E-state index in [4.69, 9.17) is 9.47 Å². The van der Waals surface area contributed by atoms with Crippen molar-refractivity contribution < 1.29 is 14.3 Å². The number of Topliss-reactive ketones (excluding diaryl/α,β-unsaturated/α-hetero) is 1. The van der Waals surface area contributed by atoms with Crippen molar-refractivity contribution in [2.45, 2.75) is 44.1 Å². The molecule has 1 aromatic carbocycles.